The molecule has 0 spiro atoms. The summed E-state index contributed by atoms with van der Waals surface area (Å²) in [5.41, 5.74) is 1.12. The average molecular weight is 416 g/mol. The molecule has 8 nitrogen and oxygen atoms in total. The number of allylic oxidation sites excluding steroid dienone is 1. The fourth-order valence-electron chi connectivity index (χ4n) is 2.16. The molecular formula is C18H17N5O3S2. The number of benzene rings is 1. The van der Waals surface area contributed by atoms with Crippen LogP contribution < -0.4 is 10.0 Å². The Kier molecular flexibility index (Phi) is 6.12. The summed E-state index contributed by atoms with van der Waals surface area (Å²) in [5, 5.41) is 11.6. The molecule has 0 amide bonds. The normalized spacial score (nSPS) is 11.5. The molecule has 0 aliphatic rings. The van der Waals surface area contributed by atoms with Gasteiger partial charge in [0.05, 0.1) is 4.90 Å². The number of nitrogens with one attached hydrogen (secondary N) is 2. The third kappa shape index (κ3) is 4.99. The number of aromatic nitrogens is 3. The van der Waals surface area contributed by atoms with Gasteiger partial charge < -0.3 is 5.32 Å². The first-order valence-corrected chi connectivity index (χ1v) is 10.6. The second-order valence-electron chi connectivity index (χ2n) is 5.57. The van der Waals surface area contributed by atoms with Gasteiger partial charge in [0.1, 0.15) is 5.01 Å². The van der Waals surface area contributed by atoms with Gasteiger partial charge in [-0.1, -0.05) is 18.3 Å². The van der Waals surface area contributed by atoms with E-state index in [4.69, 9.17) is 0 Å². The van der Waals surface area contributed by atoms with Crippen LogP contribution in [0.1, 0.15) is 22.3 Å². The lowest BCUT2D eigenvalue weighted by Gasteiger charge is -2.06. The smallest absolute Gasteiger partial charge is 0.263 e. The minimum Gasteiger partial charge on any atom is -0.362 e. The minimum absolute atomic E-state index is 0.0988. The summed E-state index contributed by atoms with van der Waals surface area (Å²) >= 11 is 1.20. The minimum atomic E-state index is -3.74. The van der Waals surface area contributed by atoms with Crippen molar-refractivity contribution in [1.29, 1.82) is 0 Å². The first-order valence-electron chi connectivity index (χ1n) is 8.30. The maximum absolute atomic E-state index is 12.4. The number of carbonyl (C=O) groups excluding carboxylic acids is 1. The summed E-state index contributed by atoms with van der Waals surface area (Å²) in [4.78, 5) is 15.9. The van der Waals surface area contributed by atoms with Crippen molar-refractivity contribution < 1.29 is 13.2 Å². The molecule has 2 heterocycles. The zero-order valence-electron chi connectivity index (χ0n) is 14.9. The van der Waals surface area contributed by atoms with Gasteiger partial charge in [-0.2, -0.15) is 0 Å². The molecule has 0 saturated carbocycles. The van der Waals surface area contributed by atoms with Gasteiger partial charge in [-0.05, 0) is 42.8 Å². The van der Waals surface area contributed by atoms with E-state index < -0.39 is 10.0 Å². The fraction of sp³-hybridized carbons (Fsp3) is 0.111. The standard InChI is InChI=1S/C18H17N5O3S2/c1-2-17-21-22-18(27-17)23-28(25,26)15-7-5-14(6-8-15)20-11-9-16(24)13-4-3-10-19-12-13/h3-12,20H,2H2,1H3,(H,22,23). The molecule has 3 rings (SSSR count). The maximum atomic E-state index is 12.4. The Morgan fingerprint density at radius 1 is 1.18 bits per heavy atom. The van der Waals surface area contributed by atoms with E-state index in [1.807, 2.05) is 6.92 Å². The number of hydrogen-bond donors (Lipinski definition) is 2. The Labute approximate surface area is 166 Å². The van der Waals surface area contributed by atoms with Gasteiger partial charge in [0.2, 0.25) is 5.13 Å². The summed E-state index contributed by atoms with van der Waals surface area (Å²) in [6.07, 6.45) is 6.64. The molecule has 0 radical (unpaired) electrons. The Hall–Kier alpha value is -3.11. The Morgan fingerprint density at radius 2 is 1.96 bits per heavy atom. The van der Waals surface area contributed by atoms with Crippen molar-refractivity contribution in [3.8, 4) is 0 Å². The number of pyridine rings is 1. The number of ketones is 1. The number of nitrogens with zero attached hydrogens (tertiary/aromatic N) is 3. The summed E-state index contributed by atoms with van der Waals surface area (Å²) in [7, 11) is -3.74. The van der Waals surface area contributed by atoms with Gasteiger partial charge in [-0.15, -0.1) is 10.2 Å². The summed E-state index contributed by atoms with van der Waals surface area (Å²) in [6.45, 7) is 1.92. The van der Waals surface area contributed by atoms with Crippen LogP contribution >= 0.6 is 11.3 Å². The molecule has 144 valence electrons. The van der Waals surface area contributed by atoms with Crippen molar-refractivity contribution in [3.63, 3.8) is 0 Å². The highest BCUT2D eigenvalue weighted by atomic mass is 32.2. The number of rotatable bonds is 8. The van der Waals surface area contributed by atoms with E-state index in [0.717, 1.165) is 5.01 Å². The zero-order chi connectivity index (χ0) is 20.0. The lowest BCUT2D eigenvalue weighted by atomic mass is 10.2. The predicted octanol–water partition coefficient (Wildman–Crippen LogP) is 3.10. The topological polar surface area (TPSA) is 114 Å². The van der Waals surface area contributed by atoms with Gasteiger partial charge in [-0.25, -0.2) is 8.42 Å². The molecule has 2 aromatic heterocycles. The van der Waals surface area contributed by atoms with Crippen LogP contribution in [0.5, 0.6) is 0 Å². The summed E-state index contributed by atoms with van der Waals surface area (Å²) in [6, 6.07) is 9.49. The van der Waals surface area contributed by atoms with Crippen molar-refractivity contribution in [2.45, 2.75) is 18.2 Å². The SMILES string of the molecule is CCc1nnc(NS(=O)(=O)c2ccc(NC=CC(=O)c3cccnc3)cc2)s1. The van der Waals surface area contributed by atoms with Crippen LogP contribution in [0, 0.1) is 0 Å². The molecule has 0 aliphatic heterocycles. The molecule has 0 saturated heterocycles. The number of anilines is 2. The van der Waals surface area contributed by atoms with Crippen LogP contribution in [-0.2, 0) is 16.4 Å². The molecule has 10 heteroatoms. The third-order valence-corrected chi connectivity index (χ3v) is 6.05. The zero-order valence-corrected chi connectivity index (χ0v) is 16.5. The van der Waals surface area contributed by atoms with Crippen molar-refractivity contribution >= 4 is 38.0 Å². The molecule has 28 heavy (non-hydrogen) atoms. The molecule has 0 aliphatic carbocycles. The quantitative estimate of drug-likeness (QED) is 0.429. The van der Waals surface area contributed by atoms with Gasteiger partial charge >= 0.3 is 0 Å². The monoisotopic (exact) mass is 415 g/mol. The number of hydrogen-bond acceptors (Lipinski definition) is 8. The van der Waals surface area contributed by atoms with E-state index in [0.29, 0.717) is 17.7 Å². The summed E-state index contributed by atoms with van der Waals surface area (Å²) in [5.74, 6) is -0.187. The molecule has 1 aromatic carbocycles. The largest absolute Gasteiger partial charge is 0.362 e. The highest BCUT2D eigenvalue weighted by molar-refractivity contribution is 7.93. The van der Waals surface area contributed by atoms with Crippen LogP contribution in [0.2, 0.25) is 0 Å². The second-order valence-corrected chi connectivity index (χ2v) is 8.31. The molecule has 2 N–H and O–H groups in total. The first kappa shape index (κ1) is 19.6. The Bertz CT molecular complexity index is 1080. The maximum Gasteiger partial charge on any atom is 0.263 e. The third-order valence-electron chi connectivity index (χ3n) is 3.59. The van der Waals surface area contributed by atoms with E-state index in [1.54, 1.807) is 30.5 Å². The van der Waals surface area contributed by atoms with Crippen LogP contribution in [-0.4, -0.2) is 29.4 Å². The first-order chi connectivity index (χ1) is 13.5. The lowest BCUT2D eigenvalue weighted by molar-refractivity contribution is 0.104. The fourth-order valence-corrected chi connectivity index (χ4v) is 4.07. The van der Waals surface area contributed by atoms with Crippen molar-refractivity contribution in [3.05, 3.63) is 71.6 Å². The number of carbonyl (C=O) groups is 1. The highest BCUT2D eigenvalue weighted by Crippen LogP contribution is 2.21. The summed E-state index contributed by atoms with van der Waals surface area (Å²) < 4.78 is 27.2. The van der Waals surface area contributed by atoms with E-state index in [9.17, 15) is 13.2 Å². The van der Waals surface area contributed by atoms with Crippen LogP contribution in [0.4, 0.5) is 10.8 Å². The van der Waals surface area contributed by atoms with Gasteiger partial charge in [0.25, 0.3) is 10.0 Å². The lowest BCUT2D eigenvalue weighted by Crippen LogP contribution is -2.12. The molecule has 0 atom stereocenters. The average Bonchev–Trinajstić information content (AvgIpc) is 3.16. The molecule has 0 unspecified atom stereocenters. The van der Waals surface area contributed by atoms with E-state index in [-0.39, 0.29) is 15.8 Å². The van der Waals surface area contributed by atoms with E-state index in [2.05, 4.69) is 25.2 Å². The van der Waals surface area contributed by atoms with Crippen LogP contribution in [0.15, 0.2) is 66.0 Å². The van der Waals surface area contributed by atoms with Crippen molar-refractivity contribution in [2.75, 3.05) is 10.0 Å². The highest BCUT2D eigenvalue weighted by Gasteiger charge is 2.16. The van der Waals surface area contributed by atoms with Gasteiger partial charge in [0, 0.05) is 35.9 Å². The van der Waals surface area contributed by atoms with Gasteiger partial charge in [-0.3, -0.25) is 14.5 Å². The second kappa shape index (κ2) is 8.72. The predicted molar refractivity (Wildman–Crippen MR) is 108 cm³/mol. The number of aryl methyl sites for hydroxylation is 1. The molecular weight excluding hydrogens is 398 g/mol. The van der Waals surface area contributed by atoms with E-state index >= 15 is 0 Å². The van der Waals surface area contributed by atoms with Crippen LogP contribution in [0.3, 0.4) is 0 Å². The van der Waals surface area contributed by atoms with Gasteiger partial charge in [0.15, 0.2) is 5.78 Å². The Morgan fingerprint density at radius 3 is 2.61 bits per heavy atom. The van der Waals surface area contributed by atoms with E-state index in [1.165, 1.54) is 41.9 Å². The Balaban J connectivity index is 1.62. The van der Waals surface area contributed by atoms with Crippen molar-refractivity contribution in [2.24, 2.45) is 0 Å². The molecule has 0 fully saturated rings. The van der Waals surface area contributed by atoms with Crippen molar-refractivity contribution in [1.82, 2.24) is 15.2 Å². The number of sulfonamides is 1. The molecule has 3 aromatic rings. The van der Waals surface area contributed by atoms with Crippen LogP contribution in [0.25, 0.3) is 0 Å². The molecule has 0 bridgehead atoms.